The summed E-state index contributed by atoms with van der Waals surface area (Å²) in [6.45, 7) is -2.17. The zero-order chi connectivity index (χ0) is 15.6. The number of hydrogen-bond donors (Lipinski definition) is 0. The van der Waals surface area contributed by atoms with Crippen molar-refractivity contribution in [2.24, 2.45) is 0 Å². The summed E-state index contributed by atoms with van der Waals surface area (Å²) in [6.07, 6.45) is -4.35. The highest BCUT2D eigenvalue weighted by Gasteiger charge is 2.49. The van der Waals surface area contributed by atoms with Crippen LogP contribution in [0.5, 0.6) is 5.75 Å². The van der Waals surface area contributed by atoms with Gasteiger partial charge < -0.3 is 4.74 Å². The van der Waals surface area contributed by atoms with Crippen LogP contribution in [0.1, 0.15) is 0 Å². The minimum absolute atomic E-state index is 0.579. The third-order valence-electron chi connectivity index (χ3n) is 1.75. The Balaban J connectivity index is 2.69. The van der Waals surface area contributed by atoms with Gasteiger partial charge in [0.25, 0.3) is 0 Å². The molecule has 0 radical (unpaired) electrons. The summed E-state index contributed by atoms with van der Waals surface area (Å²) in [4.78, 5) is 0. The zero-order valence-electron chi connectivity index (χ0n) is 9.33. The number of alkyl halides is 5. The third kappa shape index (κ3) is 4.56. The predicted molar refractivity (Wildman–Crippen MR) is 52.9 cm³/mol. The summed E-state index contributed by atoms with van der Waals surface area (Å²) in [5, 5.41) is 0. The molecule has 11 heteroatoms. The summed E-state index contributed by atoms with van der Waals surface area (Å²) >= 11 is 0. The first-order chi connectivity index (χ1) is 8.93. The molecule has 114 valence electrons. The van der Waals surface area contributed by atoms with Crippen molar-refractivity contribution in [3.05, 3.63) is 30.1 Å². The average Bonchev–Trinajstić information content (AvgIpc) is 2.28. The second kappa shape index (κ2) is 5.48. The van der Waals surface area contributed by atoms with E-state index in [1.54, 1.807) is 0 Å². The molecule has 0 saturated heterocycles. The van der Waals surface area contributed by atoms with Crippen LogP contribution in [0.15, 0.2) is 24.3 Å². The van der Waals surface area contributed by atoms with Gasteiger partial charge in [-0.25, -0.2) is 4.39 Å². The largest absolute Gasteiger partial charge is 0.523 e. The Morgan fingerprint density at radius 3 is 1.95 bits per heavy atom. The van der Waals surface area contributed by atoms with Crippen molar-refractivity contribution in [1.29, 1.82) is 0 Å². The lowest BCUT2D eigenvalue weighted by atomic mass is 10.3. The number of halogens is 6. The van der Waals surface area contributed by atoms with E-state index in [9.17, 15) is 34.8 Å². The van der Waals surface area contributed by atoms with Gasteiger partial charge >= 0.3 is 21.7 Å². The number of hydrogen-bond acceptors (Lipinski definition) is 4. The first-order valence-electron chi connectivity index (χ1n) is 4.71. The first-order valence-corrected chi connectivity index (χ1v) is 6.12. The van der Waals surface area contributed by atoms with E-state index in [0.717, 1.165) is 24.3 Å². The minimum atomic E-state index is -6.15. The van der Waals surface area contributed by atoms with Gasteiger partial charge in [-0.15, -0.1) is 0 Å². The van der Waals surface area contributed by atoms with E-state index >= 15 is 0 Å². The van der Waals surface area contributed by atoms with E-state index < -0.39 is 39.9 Å². The maximum atomic E-state index is 13.1. The Bertz CT molecular complexity index is 551. The lowest BCUT2D eigenvalue weighted by molar-refractivity contribution is -0.196. The molecule has 0 aromatic heterocycles. The zero-order valence-corrected chi connectivity index (χ0v) is 10.1. The molecule has 0 atom stereocenters. The molecule has 1 rings (SSSR count). The van der Waals surface area contributed by atoms with Crippen LogP contribution < -0.4 is 4.74 Å². The lowest BCUT2D eigenvalue weighted by Crippen LogP contribution is -2.35. The normalized spacial score (nSPS) is 13.3. The second-order valence-electron chi connectivity index (χ2n) is 3.36. The van der Waals surface area contributed by atoms with E-state index in [0.29, 0.717) is 0 Å². The minimum Gasteiger partial charge on any atom is -0.431 e. The molecule has 1 aromatic rings. The highest BCUT2D eigenvalue weighted by atomic mass is 32.2. The quantitative estimate of drug-likeness (QED) is 0.475. The van der Waals surface area contributed by atoms with Gasteiger partial charge in [-0.1, -0.05) is 0 Å². The Labute approximate surface area is 109 Å². The van der Waals surface area contributed by atoms with Crippen molar-refractivity contribution >= 4 is 10.1 Å². The van der Waals surface area contributed by atoms with Crippen molar-refractivity contribution in [2.75, 3.05) is 6.61 Å². The summed E-state index contributed by atoms with van der Waals surface area (Å²) < 4.78 is 102. The monoisotopic (exact) mass is 324 g/mol. The summed E-state index contributed by atoms with van der Waals surface area (Å²) in [6, 6.07) is 3.08. The van der Waals surface area contributed by atoms with Gasteiger partial charge in [0.1, 0.15) is 11.6 Å². The van der Waals surface area contributed by atoms with Crippen LogP contribution in [0.25, 0.3) is 0 Å². The van der Waals surface area contributed by atoms with Crippen molar-refractivity contribution in [3.8, 4) is 5.75 Å². The Morgan fingerprint density at radius 1 is 1.00 bits per heavy atom. The second-order valence-corrected chi connectivity index (χ2v) is 4.96. The van der Waals surface area contributed by atoms with Crippen LogP contribution in [-0.4, -0.2) is 26.6 Å². The molecule has 0 unspecified atom stereocenters. The third-order valence-corrected chi connectivity index (χ3v) is 2.74. The summed E-state index contributed by atoms with van der Waals surface area (Å²) in [5.74, 6) is -1.33. The average molecular weight is 324 g/mol. The lowest BCUT2D eigenvalue weighted by Gasteiger charge is -2.18. The fourth-order valence-electron chi connectivity index (χ4n) is 0.918. The molecule has 20 heavy (non-hydrogen) atoms. The molecule has 0 aliphatic heterocycles. The predicted octanol–water partition coefficient (Wildman–Crippen LogP) is 2.66. The molecule has 0 amide bonds. The smallest absolute Gasteiger partial charge is 0.431 e. The molecule has 0 spiro atoms. The topological polar surface area (TPSA) is 52.6 Å². The van der Waals surface area contributed by atoms with Gasteiger partial charge in [0.05, 0.1) is 0 Å². The highest BCUT2D eigenvalue weighted by molar-refractivity contribution is 7.87. The van der Waals surface area contributed by atoms with Crippen LogP contribution in [0, 0.1) is 5.82 Å². The fourth-order valence-corrected chi connectivity index (χ4v) is 1.34. The van der Waals surface area contributed by atoms with Gasteiger partial charge in [-0.05, 0) is 24.3 Å². The van der Waals surface area contributed by atoms with E-state index in [1.807, 2.05) is 0 Å². The van der Waals surface area contributed by atoms with Crippen LogP contribution >= 0.6 is 0 Å². The van der Waals surface area contributed by atoms with Crippen molar-refractivity contribution in [3.63, 3.8) is 0 Å². The number of rotatable bonds is 5. The molecular weight excluding hydrogens is 318 g/mol. The summed E-state index contributed by atoms with van der Waals surface area (Å²) in [7, 11) is -6.15. The van der Waals surface area contributed by atoms with E-state index in [2.05, 4.69) is 8.92 Å². The number of ether oxygens (including phenoxy) is 1. The molecule has 0 saturated carbocycles. The van der Waals surface area contributed by atoms with Gasteiger partial charge in [0.15, 0.2) is 6.61 Å². The van der Waals surface area contributed by atoms with Crippen molar-refractivity contribution in [2.45, 2.75) is 11.6 Å². The SMILES string of the molecule is O=S(=O)(OCC(F)(F)Oc1ccc(F)cc1)C(F)(F)F. The van der Waals surface area contributed by atoms with Crippen LogP contribution in [0.4, 0.5) is 26.3 Å². The maximum absolute atomic E-state index is 13.1. The molecule has 0 aliphatic rings. The fraction of sp³-hybridized carbons (Fsp3) is 0.333. The van der Waals surface area contributed by atoms with Crippen LogP contribution in [0.2, 0.25) is 0 Å². The maximum Gasteiger partial charge on any atom is 0.523 e. The van der Waals surface area contributed by atoms with Crippen LogP contribution in [0.3, 0.4) is 0 Å². The van der Waals surface area contributed by atoms with Crippen molar-refractivity contribution in [1.82, 2.24) is 0 Å². The Kier molecular flexibility index (Phi) is 4.54. The molecule has 0 bridgehead atoms. The van der Waals surface area contributed by atoms with Gasteiger partial charge in [-0.3, -0.25) is 4.18 Å². The van der Waals surface area contributed by atoms with Crippen molar-refractivity contribution < 1.29 is 43.7 Å². The highest BCUT2D eigenvalue weighted by Crippen LogP contribution is 2.28. The van der Waals surface area contributed by atoms with E-state index in [4.69, 9.17) is 0 Å². The number of benzene rings is 1. The Hall–Kier alpha value is -1.49. The van der Waals surface area contributed by atoms with Gasteiger partial charge in [0, 0.05) is 0 Å². The molecule has 0 aliphatic carbocycles. The molecule has 0 heterocycles. The molecular formula is C9H6F6O4S. The molecule has 1 aromatic carbocycles. The van der Waals surface area contributed by atoms with Crippen LogP contribution in [-0.2, 0) is 14.3 Å². The van der Waals surface area contributed by atoms with Gasteiger partial charge in [-0.2, -0.15) is 30.4 Å². The Morgan fingerprint density at radius 2 is 1.50 bits per heavy atom. The van der Waals surface area contributed by atoms with Gasteiger partial charge in [0.2, 0.25) is 0 Å². The van der Waals surface area contributed by atoms with E-state index in [1.165, 1.54) is 0 Å². The van der Waals surface area contributed by atoms with E-state index in [-0.39, 0.29) is 0 Å². The summed E-state index contributed by atoms with van der Waals surface area (Å²) in [5.41, 5.74) is -5.82. The standard InChI is InChI=1S/C9H6F6O4S/c10-6-1-3-7(4-2-6)19-8(11,12)5-18-20(16,17)9(13,14)15/h1-4H,5H2. The first kappa shape index (κ1) is 16.6. The molecule has 4 nitrogen and oxygen atoms in total. The molecule has 0 N–H and O–H groups in total. The molecule has 0 fully saturated rings.